The molecule has 0 amide bonds. The summed E-state index contributed by atoms with van der Waals surface area (Å²) in [6.45, 7) is 8.24. The SMILES string of the molecule is CCOCCCNCc1cccc(OCC)c1.Cl. The molecule has 4 heteroatoms. The maximum atomic E-state index is 5.46. The van der Waals surface area contributed by atoms with Crippen LogP contribution in [0.5, 0.6) is 5.75 Å². The first-order chi connectivity index (χ1) is 8.36. The molecular weight excluding hydrogens is 250 g/mol. The van der Waals surface area contributed by atoms with E-state index in [1.165, 1.54) is 5.56 Å². The highest BCUT2D eigenvalue weighted by molar-refractivity contribution is 5.85. The topological polar surface area (TPSA) is 30.5 Å². The van der Waals surface area contributed by atoms with Crippen molar-refractivity contribution in [3.63, 3.8) is 0 Å². The molecule has 0 atom stereocenters. The highest BCUT2D eigenvalue weighted by atomic mass is 35.5. The lowest BCUT2D eigenvalue weighted by atomic mass is 10.2. The first-order valence-corrected chi connectivity index (χ1v) is 6.37. The molecule has 3 nitrogen and oxygen atoms in total. The zero-order valence-corrected chi connectivity index (χ0v) is 12.1. The van der Waals surface area contributed by atoms with Crippen LogP contribution in [0.25, 0.3) is 0 Å². The number of halogens is 1. The standard InChI is InChI=1S/C14H23NO2.ClH/c1-3-16-10-6-9-15-12-13-7-5-8-14(11-13)17-4-2;/h5,7-8,11,15H,3-4,6,9-10,12H2,1-2H3;1H. The summed E-state index contributed by atoms with van der Waals surface area (Å²) in [6.07, 6.45) is 1.05. The zero-order valence-electron chi connectivity index (χ0n) is 11.3. The summed E-state index contributed by atoms with van der Waals surface area (Å²) < 4.78 is 10.7. The van der Waals surface area contributed by atoms with Crippen molar-refractivity contribution in [1.29, 1.82) is 0 Å². The summed E-state index contributed by atoms with van der Waals surface area (Å²) in [7, 11) is 0. The van der Waals surface area contributed by atoms with Crippen LogP contribution < -0.4 is 10.1 Å². The number of ether oxygens (including phenoxy) is 2. The molecule has 0 fully saturated rings. The number of rotatable bonds is 9. The van der Waals surface area contributed by atoms with Crippen molar-refractivity contribution in [3.8, 4) is 5.75 Å². The van der Waals surface area contributed by atoms with E-state index in [9.17, 15) is 0 Å². The molecule has 0 bridgehead atoms. The van der Waals surface area contributed by atoms with Gasteiger partial charge in [0.25, 0.3) is 0 Å². The molecule has 1 aromatic rings. The summed E-state index contributed by atoms with van der Waals surface area (Å²) >= 11 is 0. The van der Waals surface area contributed by atoms with Crippen LogP contribution in [0.2, 0.25) is 0 Å². The van der Waals surface area contributed by atoms with Gasteiger partial charge in [0.1, 0.15) is 5.75 Å². The Morgan fingerprint density at radius 2 is 2.00 bits per heavy atom. The summed E-state index contributed by atoms with van der Waals surface area (Å²) in [5.41, 5.74) is 1.26. The molecule has 0 unspecified atom stereocenters. The fraction of sp³-hybridized carbons (Fsp3) is 0.571. The largest absolute Gasteiger partial charge is 0.494 e. The Balaban J connectivity index is 0.00000289. The van der Waals surface area contributed by atoms with E-state index >= 15 is 0 Å². The van der Waals surface area contributed by atoms with E-state index in [0.717, 1.165) is 38.5 Å². The Bertz CT molecular complexity index is 308. The van der Waals surface area contributed by atoms with Gasteiger partial charge < -0.3 is 14.8 Å². The van der Waals surface area contributed by atoms with Crippen molar-refractivity contribution in [1.82, 2.24) is 5.32 Å². The minimum absolute atomic E-state index is 0. The number of hydrogen-bond acceptors (Lipinski definition) is 3. The number of benzene rings is 1. The monoisotopic (exact) mass is 273 g/mol. The first kappa shape index (κ1) is 17.2. The van der Waals surface area contributed by atoms with Gasteiger partial charge in [-0.3, -0.25) is 0 Å². The van der Waals surface area contributed by atoms with Gasteiger partial charge in [-0.2, -0.15) is 0 Å². The first-order valence-electron chi connectivity index (χ1n) is 6.37. The minimum atomic E-state index is 0. The second kappa shape index (κ2) is 11.3. The predicted octanol–water partition coefficient (Wildman–Crippen LogP) is 3.02. The van der Waals surface area contributed by atoms with E-state index in [2.05, 4.69) is 17.4 Å². The summed E-state index contributed by atoms with van der Waals surface area (Å²) in [4.78, 5) is 0. The highest BCUT2D eigenvalue weighted by Crippen LogP contribution is 2.12. The van der Waals surface area contributed by atoms with Gasteiger partial charge in [0, 0.05) is 19.8 Å². The molecule has 0 aliphatic heterocycles. The van der Waals surface area contributed by atoms with Gasteiger partial charge in [0.2, 0.25) is 0 Å². The quantitative estimate of drug-likeness (QED) is 0.702. The van der Waals surface area contributed by atoms with Crippen LogP contribution in [0.4, 0.5) is 0 Å². The third kappa shape index (κ3) is 7.54. The normalized spacial score (nSPS) is 9.89. The Kier molecular flexibility index (Phi) is 10.8. The predicted molar refractivity (Wildman–Crippen MR) is 77.7 cm³/mol. The van der Waals surface area contributed by atoms with Crippen LogP contribution in [-0.4, -0.2) is 26.4 Å². The fourth-order valence-electron chi connectivity index (χ4n) is 1.59. The van der Waals surface area contributed by atoms with E-state index in [-0.39, 0.29) is 12.4 Å². The molecule has 0 saturated heterocycles. The highest BCUT2D eigenvalue weighted by Gasteiger charge is 1.96. The third-order valence-corrected chi connectivity index (χ3v) is 2.38. The van der Waals surface area contributed by atoms with E-state index in [1.54, 1.807) is 0 Å². The van der Waals surface area contributed by atoms with Crippen molar-refractivity contribution in [3.05, 3.63) is 29.8 Å². The Morgan fingerprint density at radius 3 is 2.72 bits per heavy atom. The van der Waals surface area contributed by atoms with E-state index in [0.29, 0.717) is 6.61 Å². The number of hydrogen-bond donors (Lipinski definition) is 1. The average molecular weight is 274 g/mol. The summed E-state index contributed by atoms with van der Waals surface area (Å²) in [5, 5.41) is 3.39. The van der Waals surface area contributed by atoms with Crippen LogP contribution in [0, 0.1) is 0 Å². The molecular formula is C14H24ClNO2. The van der Waals surface area contributed by atoms with Crippen molar-refractivity contribution in [2.24, 2.45) is 0 Å². The molecule has 0 saturated carbocycles. The van der Waals surface area contributed by atoms with E-state index < -0.39 is 0 Å². The molecule has 0 aromatic heterocycles. The van der Waals surface area contributed by atoms with Gasteiger partial charge in [-0.25, -0.2) is 0 Å². The summed E-state index contributed by atoms with van der Waals surface area (Å²) in [6, 6.07) is 8.21. The van der Waals surface area contributed by atoms with E-state index in [4.69, 9.17) is 9.47 Å². The molecule has 0 spiro atoms. The second-order valence-corrected chi connectivity index (χ2v) is 3.81. The van der Waals surface area contributed by atoms with Crippen LogP contribution in [0.15, 0.2) is 24.3 Å². The third-order valence-electron chi connectivity index (χ3n) is 2.38. The van der Waals surface area contributed by atoms with Crippen molar-refractivity contribution < 1.29 is 9.47 Å². The van der Waals surface area contributed by atoms with Gasteiger partial charge >= 0.3 is 0 Å². The van der Waals surface area contributed by atoms with Crippen LogP contribution in [-0.2, 0) is 11.3 Å². The molecule has 104 valence electrons. The van der Waals surface area contributed by atoms with Crippen molar-refractivity contribution in [2.75, 3.05) is 26.4 Å². The van der Waals surface area contributed by atoms with Crippen LogP contribution >= 0.6 is 12.4 Å². The molecule has 1 N–H and O–H groups in total. The Labute approximate surface area is 116 Å². The minimum Gasteiger partial charge on any atom is -0.494 e. The van der Waals surface area contributed by atoms with Gasteiger partial charge in [0.15, 0.2) is 0 Å². The zero-order chi connectivity index (χ0) is 12.3. The summed E-state index contributed by atoms with van der Waals surface area (Å²) in [5.74, 6) is 0.945. The second-order valence-electron chi connectivity index (χ2n) is 3.81. The van der Waals surface area contributed by atoms with Crippen molar-refractivity contribution >= 4 is 12.4 Å². The molecule has 0 heterocycles. The van der Waals surface area contributed by atoms with Gasteiger partial charge in [0.05, 0.1) is 6.61 Å². The average Bonchev–Trinajstić information content (AvgIpc) is 2.35. The maximum Gasteiger partial charge on any atom is 0.119 e. The lowest BCUT2D eigenvalue weighted by Crippen LogP contribution is -2.16. The molecule has 1 aromatic carbocycles. The molecule has 0 aliphatic rings. The van der Waals surface area contributed by atoms with Gasteiger partial charge in [-0.05, 0) is 44.5 Å². The maximum absolute atomic E-state index is 5.46. The van der Waals surface area contributed by atoms with Gasteiger partial charge in [-0.15, -0.1) is 12.4 Å². The molecule has 0 radical (unpaired) electrons. The lowest BCUT2D eigenvalue weighted by Gasteiger charge is -2.07. The van der Waals surface area contributed by atoms with E-state index in [1.807, 2.05) is 26.0 Å². The number of nitrogens with one attached hydrogen (secondary N) is 1. The Morgan fingerprint density at radius 1 is 1.17 bits per heavy atom. The van der Waals surface area contributed by atoms with Crippen LogP contribution in [0.1, 0.15) is 25.8 Å². The molecule has 0 aliphatic carbocycles. The molecule has 18 heavy (non-hydrogen) atoms. The smallest absolute Gasteiger partial charge is 0.119 e. The lowest BCUT2D eigenvalue weighted by molar-refractivity contribution is 0.144. The van der Waals surface area contributed by atoms with Gasteiger partial charge in [-0.1, -0.05) is 12.1 Å². The fourth-order valence-corrected chi connectivity index (χ4v) is 1.59. The van der Waals surface area contributed by atoms with Crippen molar-refractivity contribution in [2.45, 2.75) is 26.8 Å². The Hall–Kier alpha value is -0.770. The van der Waals surface area contributed by atoms with Crippen LogP contribution in [0.3, 0.4) is 0 Å². The molecule has 1 rings (SSSR count).